The maximum Gasteiger partial charge on any atom is 0.220 e. The van der Waals surface area contributed by atoms with Crippen molar-refractivity contribution in [1.29, 1.82) is 0 Å². The van der Waals surface area contributed by atoms with Gasteiger partial charge < -0.3 is 14.9 Å². The summed E-state index contributed by atoms with van der Waals surface area (Å²) < 4.78 is 2.31. The first-order valence-corrected chi connectivity index (χ1v) is 9.90. The minimum Gasteiger partial charge on any atom is -0.349 e. The van der Waals surface area contributed by atoms with Gasteiger partial charge in [-0.3, -0.25) is 4.79 Å². The first-order valence-electron chi connectivity index (χ1n) is 9.90. The molecule has 144 valence electrons. The second kappa shape index (κ2) is 7.89. The second-order valence-electron chi connectivity index (χ2n) is 7.50. The largest absolute Gasteiger partial charge is 0.349 e. The highest BCUT2D eigenvalue weighted by atomic mass is 16.1. The Morgan fingerprint density at radius 1 is 1.14 bits per heavy atom. The maximum atomic E-state index is 12.2. The van der Waals surface area contributed by atoms with E-state index in [9.17, 15) is 4.79 Å². The van der Waals surface area contributed by atoms with Crippen LogP contribution >= 0.6 is 0 Å². The van der Waals surface area contributed by atoms with Crippen molar-refractivity contribution in [3.63, 3.8) is 0 Å². The van der Waals surface area contributed by atoms with E-state index in [1.165, 1.54) is 16.5 Å². The van der Waals surface area contributed by atoms with Crippen LogP contribution in [-0.4, -0.2) is 20.4 Å². The van der Waals surface area contributed by atoms with Crippen LogP contribution < -0.4 is 5.32 Å². The number of hydrogen-bond donors (Lipinski definition) is 2. The number of hydrogen-bond acceptors (Lipinski definition) is 2. The minimum absolute atomic E-state index is 0.0630. The smallest absolute Gasteiger partial charge is 0.220 e. The zero-order valence-electron chi connectivity index (χ0n) is 16.4. The van der Waals surface area contributed by atoms with Crippen LogP contribution in [0.4, 0.5) is 0 Å². The molecule has 1 amide bonds. The van der Waals surface area contributed by atoms with Gasteiger partial charge in [-0.2, -0.15) is 0 Å². The average Bonchev–Trinajstić information content (AvgIpc) is 3.28. The number of rotatable bonds is 7. The second-order valence-corrected chi connectivity index (χ2v) is 7.50. The zero-order chi connectivity index (χ0) is 19.5. The van der Waals surface area contributed by atoms with E-state index < -0.39 is 0 Å². The van der Waals surface area contributed by atoms with Crippen LogP contribution in [0.2, 0.25) is 0 Å². The third-order valence-electron chi connectivity index (χ3n) is 5.12. The summed E-state index contributed by atoms with van der Waals surface area (Å²) in [7, 11) is 0. The van der Waals surface area contributed by atoms with Gasteiger partial charge in [-0.25, -0.2) is 4.98 Å². The SMILES string of the molecule is CC(C)n1cc(CCCC(=O)NCc2nc3ccccc3[nH]2)c2ccccc21. The van der Waals surface area contributed by atoms with Gasteiger partial charge in [0, 0.05) is 29.6 Å². The molecule has 0 aliphatic carbocycles. The summed E-state index contributed by atoms with van der Waals surface area (Å²) in [6, 6.07) is 16.8. The Morgan fingerprint density at radius 2 is 1.93 bits per heavy atom. The van der Waals surface area contributed by atoms with Crippen molar-refractivity contribution >= 4 is 27.8 Å². The highest BCUT2D eigenvalue weighted by Gasteiger charge is 2.11. The quantitative estimate of drug-likeness (QED) is 0.491. The molecule has 4 rings (SSSR count). The van der Waals surface area contributed by atoms with E-state index in [4.69, 9.17) is 0 Å². The predicted molar refractivity (Wildman–Crippen MR) is 113 cm³/mol. The highest BCUT2D eigenvalue weighted by Crippen LogP contribution is 2.25. The molecule has 2 N–H and O–H groups in total. The fraction of sp³-hybridized carbons (Fsp3) is 0.304. The third kappa shape index (κ3) is 3.79. The van der Waals surface area contributed by atoms with Crippen LogP contribution in [0.5, 0.6) is 0 Å². The van der Waals surface area contributed by atoms with E-state index in [1.54, 1.807) is 0 Å². The van der Waals surface area contributed by atoms with Gasteiger partial charge in [0.05, 0.1) is 17.6 Å². The summed E-state index contributed by atoms with van der Waals surface area (Å²) in [5.41, 5.74) is 4.50. The number of para-hydroxylation sites is 3. The lowest BCUT2D eigenvalue weighted by Crippen LogP contribution is -2.23. The molecule has 2 aromatic heterocycles. The highest BCUT2D eigenvalue weighted by molar-refractivity contribution is 5.84. The summed E-state index contributed by atoms with van der Waals surface area (Å²) in [6.07, 6.45) is 4.49. The van der Waals surface area contributed by atoms with Crippen molar-refractivity contribution in [2.45, 2.75) is 45.7 Å². The number of H-pyrrole nitrogens is 1. The molecular weight excluding hydrogens is 348 g/mol. The standard InChI is InChI=1S/C23H26N4O/c1-16(2)27-15-17(18-9-3-6-12-21(18)27)8-7-13-23(28)24-14-22-25-19-10-4-5-11-20(19)26-22/h3-6,9-12,15-16H,7-8,13-14H2,1-2H3,(H,24,28)(H,25,26). The number of carbonyl (C=O) groups is 1. The molecule has 0 fully saturated rings. The Labute approximate surface area is 164 Å². The van der Waals surface area contributed by atoms with Gasteiger partial charge in [-0.15, -0.1) is 0 Å². The van der Waals surface area contributed by atoms with Crippen LogP contribution in [0.1, 0.15) is 44.1 Å². The molecule has 0 saturated heterocycles. The molecule has 0 atom stereocenters. The summed E-state index contributed by atoms with van der Waals surface area (Å²) in [5.74, 6) is 0.850. The number of aryl methyl sites for hydroxylation is 1. The van der Waals surface area contributed by atoms with Crippen molar-refractivity contribution in [3.8, 4) is 0 Å². The van der Waals surface area contributed by atoms with E-state index in [0.717, 1.165) is 29.7 Å². The lowest BCUT2D eigenvalue weighted by atomic mass is 10.1. The van der Waals surface area contributed by atoms with Gasteiger partial charge in [-0.1, -0.05) is 30.3 Å². The first-order chi connectivity index (χ1) is 13.6. The number of nitrogens with zero attached hydrogens (tertiary/aromatic N) is 2. The van der Waals surface area contributed by atoms with E-state index in [2.05, 4.69) is 64.2 Å². The Bertz CT molecular complexity index is 1070. The van der Waals surface area contributed by atoms with Crippen molar-refractivity contribution in [2.75, 3.05) is 0 Å². The van der Waals surface area contributed by atoms with Crippen LogP contribution in [0.15, 0.2) is 54.7 Å². The van der Waals surface area contributed by atoms with Gasteiger partial charge in [0.25, 0.3) is 0 Å². The fourth-order valence-electron chi connectivity index (χ4n) is 3.70. The van der Waals surface area contributed by atoms with E-state index in [-0.39, 0.29) is 5.91 Å². The number of aromatic amines is 1. The van der Waals surface area contributed by atoms with Crippen LogP contribution in [0, 0.1) is 0 Å². The topological polar surface area (TPSA) is 62.7 Å². The number of benzene rings is 2. The van der Waals surface area contributed by atoms with Crippen LogP contribution in [0.25, 0.3) is 21.9 Å². The molecule has 2 aromatic carbocycles. The molecule has 0 unspecified atom stereocenters. The third-order valence-corrected chi connectivity index (χ3v) is 5.12. The Morgan fingerprint density at radius 3 is 2.75 bits per heavy atom. The van der Waals surface area contributed by atoms with Gasteiger partial charge in [0.1, 0.15) is 5.82 Å². The maximum absolute atomic E-state index is 12.2. The Kier molecular flexibility index (Phi) is 5.15. The van der Waals surface area contributed by atoms with Crippen molar-refractivity contribution in [2.24, 2.45) is 0 Å². The molecule has 0 saturated carbocycles. The van der Waals surface area contributed by atoms with Crippen LogP contribution in [0.3, 0.4) is 0 Å². The molecule has 5 heteroatoms. The molecule has 0 radical (unpaired) electrons. The summed E-state index contributed by atoms with van der Waals surface area (Å²) in [4.78, 5) is 20.0. The molecule has 0 spiro atoms. The summed E-state index contributed by atoms with van der Waals surface area (Å²) >= 11 is 0. The normalized spacial score (nSPS) is 11.5. The lowest BCUT2D eigenvalue weighted by molar-refractivity contribution is -0.121. The van der Waals surface area contributed by atoms with E-state index >= 15 is 0 Å². The molecule has 5 nitrogen and oxygen atoms in total. The number of amides is 1. The summed E-state index contributed by atoms with van der Waals surface area (Å²) in [6.45, 7) is 4.82. The van der Waals surface area contributed by atoms with E-state index in [0.29, 0.717) is 19.0 Å². The Hall–Kier alpha value is -3.08. The van der Waals surface area contributed by atoms with Gasteiger partial charge in [-0.05, 0) is 50.5 Å². The molecule has 0 aliphatic heterocycles. The summed E-state index contributed by atoms with van der Waals surface area (Å²) in [5, 5.41) is 4.26. The van der Waals surface area contributed by atoms with Crippen molar-refractivity contribution < 1.29 is 4.79 Å². The monoisotopic (exact) mass is 374 g/mol. The zero-order valence-corrected chi connectivity index (χ0v) is 16.4. The first kappa shape index (κ1) is 18.3. The average molecular weight is 374 g/mol. The number of nitrogens with one attached hydrogen (secondary N) is 2. The molecular formula is C23H26N4O. The molecule has 28 heavy (non-hydrogen) atoms. The van der Waals surface area contributed by atoms with E-state index in [1.807, 2.05) is 24.3 Å². The number of carbonyl (C=O) groups excluding carboxylic acids is 1. The number of aromatic nitrogens is 3. The van der Waals surface area contributed by atoms with Gasteiger partial charge >= 0.3 is 0 Å². The fourth-order valence-corrected chi connectivity index (χ4v) is 3.70. The van der Waals surface area contributed by atoms with Crippen molar-refractivity contribution in [3.05, 3.63) is 66.1 Å². The molecule has 0 bridgehead atoms. The number of imidazole rings is 1. The van der Waals surface area contributed by atoms with Crippen molar-refractivity contribution in [1.82, 2.24) is 19.9 Å². The Balaban J connectivity index is 1.32. The predicted octanol–water partition coefficient (Wildman–Crippen LogP) is 4.74. The van der Waals surface area contributed by atoms with Gasteiger partial charge in [0.2, 0.25) is 5.91 Å². The minimum atomic E-state index is 0.0630. The number of fused-ring (bicyclic) bond motifs is 2. The molecule has 2 heterocycles. The molecule has 0 aliphatic rings. The van der Waals surface area contributed by atoms with Gasteiger partial charge in [0.15, 0.2) is 0 Å². The molecule has 4 aromatic rings. The lowest BCUT2D eigenvalue weighted by Gasteiger charge is -2.08. The van der Waals surface area contributed by atoms with Crippen LogP contribution in [-0.2, 0) is 17.8 Å².